The van der Waals surface area contributed by atoms with Gasteiger partial charge in [0.25, 0.3) is 5.91 Å². The monoisotopic (exact) mass is 371 g/mol. The van der Waals surface area contributed by atoms with Gasteiger partial charge in [0, 0.05) is 12.0 Å². The lowest BCUT2D eigenvalue weighted by Crippen LogP contribution is -2.46. The zero-order valence-electron chi connectivity index (χ0n) is 14.0. The van der Waals surface area contributed by atoms with E-state index in [9.17, 15) is 14.0 Å². The van der Waals surface area contributed by atoms with Crippen molar-refractivity contribution >= 4 is 23.2 Å². The number of fused-ring (bicyclic) bond motifs is 1. The predicted octanol–water partition coefficient (Wildman–Crippen LogP) is 2.91. The Morgan fingerprint density at radius 2 is 1.92 bits per heavy atom. The summed E-state index contributed by atoms with van der Waals surface area (Å²) in [4.78, 5) is 32.1. The van der Waals surface area contributed by atoms with Crippen LogP contribution < -0.4 is 5.73 Å². The van der Waals surface area contributed by atoms with Gasteiger partial charge in [-0.2, -0.15) is 0 Å². The Balaban J connectivity index is 1.56. The first-order valence-electron chi connectivity index (χ1n) is 8.91. The SMILES string of the molecule is NC(=O)[C@@H]1C[C@@H]2C[C@@H]2N1C(=O)c1nc(C2CC2)sc1-c1ccc(F)cc1. The molecule has 2 heterocycles. The van der Waals surface area contributed by atoms with E-state index < -0.39 is 11.9 Å². The summed E-state index contributed by atoms with van der Waals surface area (Å²) in [6.07, 6.45) is 3.75. The average molecular weight is 371 g/mol. The van der Waals surface area contributed by atoms with E-state index in [1.165, 1.54) is 23.5 Å². The van der Waals surface area contributed by atoms with Crippen molar-refractivity contribution in [3.8, 4) is 10.4 Å². The van der Waals surface area contributed by atoms with Gasteiger partial charge in [-0.25, -0.2) is 9.37 Å². The number of nitrogens with zero attached hydrogens (tertiary/aromatic N) is 2. The number of carbonyl (C=O) groups is 2. The third kappa shape index (κ3) is 2.53. The Bertz CT molecular complexity index is 906. The zero-order chi connectivity index (χ0) is 18.0. The molecule has 0 spiro atoms. The van der Waals surface area contributed by atoms with Gasteiger partial charge in [-0.1, -0.05) is 12.1 Å². The maximum absolute atomic E-state index is 13.3. The zero-order valence-corrected chi connectivity index (χ0v) is 14.8. The van der Waals surface area contributed by atoms with Crippen molar-refractivity contribution in [2.75, 3.05) is 0 Å². The van der Waals surface area contributed by atoms with Crippen LogP contribution in [0.25, 0.3) is 10.4 Å². The second-order valence-electron chi connectivity index (χ2n) is 7.44. The van der Waals surface area contributed by atoms with E-state index in [1.54, 1.807) is 17.0 Å². The summed E-state index contributed by atoms with van der Waals surface area (Å²) in [5, 5.41) is 0.954. The highest BCUT2D eigenvalue weighted by Gasteiger charge is 2.56. The molecule has 2 N–H and O–H groups in total. The Kier molecular flexibility index (Phi) is 3.44. The first-order chi connectivity index (χ1) is 12.5. The normalized spacial score (nSPS) is 26.7. The molecule has 3 atom stereocenters. The van der Waals surface area contributed by atoms with Crippen LogP contribution in [-0.2, 0) is 4.79 Å². The number of amides is 2. The number of piperidine rings is 1. The number of hydrogen-bond donors (Lipinski definition) is 1. The van der Waals surface area contributed by atoms with Gasteiger partial charge in [0.2, 0.25) is 5.91 Å². The van der Waals surface area contributed by atoms with Crippen molar-refractivity contribution in [3.05, 3.63) is 40.8 Å². The van der Waals surface area contributed by atoms with Gasteiger partial charge in [-0.05, 0) is 49.3 Å². The molecule has 0 unspecified atom stereocenters. The highest BCUT2D eigenvalue weighted by Crippen LogP contribution is 2.50. The predicted molar refractivity (Wildman–Crippen MR) is 95.1 cm³/mol. The molecular formula is C19H18FN3O2S. The van der Waals surface area contributed by atoms with E-state index in [2.05, 4.69) is 4.98 Å². The first-order valence-corrected chi connectivity index (χ1v) is 9.73. The number of halogens is 1. The van der Waals surface area contributed by atoms with E-state index in [4.69, 9.17) is 5.73 Å². The number of nitrogens with two attached hydrogens (primary N) is 1. The smallest absolute Gasteiger partial charge is 0.274 e. The summed E-state index contributed by atoms with van der Waals surface area (Å²) in [5.41, 5.74) is 6.68. The topological polar surface area (TPSA) is 76.3 Å². The molecular weight excluding hydrogens is 353 g/mol. The van der Waals surface area contributed by atoms with Crippen molar-refractivity contribution in [2.24, 2.45) is 11.7 Å². The molecule has 1 aromatic heterocycles. The second-order valence-corrected chi connectivity index (χ2v) is 8.47. The Labute approximate surface area is 154 Å². The van der Waals surface area contributed by atoms with Crippen LogP contribution >= 0.6 is 11.3 Å². The Morgan fingerprint density at radius 1 is 1.19 bits per heavy atom. The second kappa shape index (κ2) is 5.61. The lowest BCUT2D eigenvalue weighted by atomic mass is 10.1. The molecule has 7 heteroatoms. The molecule has 134 valence electrons. The first kappa shape index (κ1) is 15.9. The molecule has 0 radical (unpaired) electrons. The van der Waals surface area contributed by atoms with Crippen LogP contribution in [0.15, 0.2) is 24.3 Å². The average Bonchev–Trinajstić information content (AvgIpc) is 3.54. The number of benzene rings is 1. The number of aromatic nitrogens is 1. The molecule has 1 aliphatic heterocycles. The summed E-state index contributed by atoms with van der Waals surface area (Å²) in [6.45, 7) is 0. The number of primary amides is 1. The van der Waals surface area contributed by atoms with Crippen LogP contribution in [0, 0.1) is 11.7 Å². The maximum atomic E-state index is 13.3. The fraction of sp³-hybridized carbons (Fsp3) is 0.421. The molecule has 1 saturated heterocycles. The van der Waals surface area contributed by atoms with Crippen LogP contribution in [0.2, 0.25) is 0 Å². The quantitative estimate of drug-likeness (QED) is 0.898. The summed E-state index contributed by atoms with van der Waals surface area (Å²) < 4.78 is 13.3. The summed E-state index contributed by atoms with van der Waals surface area (Å²) in [6, 6.07) is 5.68. The van der Waals surface area contributed by atoms with E-state index in [1.807, 2.05) is 0 Å². The van der Waals surface area contributed by atoms with Gasteiger partial charge in [0.15, 0.2) is 0 Å². The van der Waals surface area contributed by atoms with E-state index in [0.717, 1.165) is 34.7 Å². The number of hydrogen-bond acceptors (Lipinski definition) is 4. The summed E-state index contributed by atoms with van der Waals surface area (Å²) in [5.74, 6) is -0.192. The fourth-order valence-electron chi connectivity index (χ4n) is 3.91. The van der Waals surface area contributed by atoms with Crippen LogP contribution in [-0.4, -0.2) is 33.8 Å². The lowest BCUT2D eigenvalue weighted by molar-refractivity contribution is -0.122. The van der Waals surface area contributed by atoms with Crippen LogP contribution in [0.5, 0.6) is 0 Å². The standard InChI is InChI=1S/C19H18FN3O2S/c20-12-5-3-9(4-6-12)16-15(22-18(26-16)10-1-2-10)19(25)23-13-7-11(13)8-14(23)17(21)24/h3-6,10-11,13-14H,1-2,7-8H2,(H2,21,24)/t11-,13-,14-/m0/s1. The van der Waals surface area contributed by atoms with Gasteiger partial charge in [0.1, 0.15) is 17.6 Å². The maximum Gasteiger partial charge on any atom is 0.274 e. The van der Waals surface area contributed by atoms with Crippen molar-refractivity contribution < 1.29 is 14.0 Å². The lowest BCUT2D eigenvalue weighted by Gasteiger charge is -2.24. The van der Waals surface area contributed by atoms with Crippen molar-refractivity contribution in [2.45, 2.75) is 43.7 Å². The highest BCUT2D eigenvalue weighted by molar-refractivity contribution is 7.15. The van der Waals surface area contributed by atoms with Gasteiger partial charge in [-0.15, -0.1) is 11.3 Å². The van der Waals surface area contributed by atoms with Crippen LogP contribution in [0.3, 0.4) is 0 Å². The largest absolute Gasteiger partial charge is 0.368 e. The molecule has 2 aromatic rings. The molecule has 1 aromatic carbocycles. The number of rotatable bonds is 4. The van der Waals surface area contributed by atoms with Gasteiger partial charge >= 0.3 is 0 Å². The molecule has 0 bridgehead atoms. The molecule has 2 saturated carbocycles. The van der Waals surface area contributed by atoms with Crippen molar-refractivity contribution in [1.82, 2.24) is 9.88 Å². The van der Waals surface area contributed by atoms with Gasteiger partial charge in [0.05, 0.1) is 9.88 Å². The van der Waals surface area contributed by atoms with Crippen molar-refractivity contribution in [3.63, 3.8) is 0 Å². The van der Waals surface area contributed by atoms with E-state index in [-0.39, 0.29) is 17.8 Å². The minimum atomic E-state index is -0.543. The molecule has 5 nitrogen and oxygen atoms in total. The van der Waals surface area contributed by atoms with Crippen molar-refractivity contribution in [1.29, 1.82) is 0 Å². The molecule has 26 heavy (non-hydrogen) atoms. The number of carbonyl (C=O) groups excluding carboxylic acids is 2. The van der Waals surface area contributed by atoms with E-state index >= 15 is 0 Å². The highest BCUT2D eigenvalue weighted by atomic mass is 32.1. The number of thiazole rings is 1. The molecule has 3 fully saturated rings. The van der Waals surface area contributed by atoms with Crippen LogP contribution in [0.4, 0.5) is 4.39 Å². The van der Waals surface area contributed by atoms with E-state index in [0.29, 0.717) is 24.0 Å². The summed E-state index contributed by atoms with van der Waals surface area (Å²) >= 11 is 1.50. The third-order valence-corrected chi connectivity index (χ3v) is 6.81. The Hall–Kier alpha value is -2.28. The number of likely N-dealkylation sites (tertiary alicyclic amines) is 1. The fourth-order valence-corrected chi connectivity index (χ4v) is 5.14. The minimum Gasteiger partial charge on any atom is -0.368 e. The molecule has 2 amide bonds. The van der Waals surface area contributed by atoms with Gasteiger partial charge < -0.3 is 10.6 Å². The minimum absolute atomic E-state index is 0.104. The van der Waals surface area contributed by atoms with Gasteiger partial charge in [-0.3, -0.25) is 9.59 Å². The Morgan fingerprint density at radius 3 is 2.58 bits per heavy atom. The summed E-state index contributed by atoms with van der Waals surface area (Å²) in [7, 11) is 0. The third-order valence-electron chi connectivity index (χ3n) is 5.55. The molecule has 5 rings (SSSR count). The molecule has 2 aliphatic carbocycles. The van der Waals surface area contributed by atoms with Crippen LogP contribution in [0.1, 0.15) is 47.1 Å². The molecule has 3 aliphatic rings.